The summed E-state index contributed by atoms with van der Waals surface area (Å²) in [6, 6.07) is 7.74. The number of hydrogen-bond acceptors (Lipinski definition) is 5. The Balaban J connectivity index is 1.85. The molecule has 0 saturated heterocycles. The second-order valence-electron chi connectivity index (χ2n) is 4.18. The molecule has 0 saturated carbocycles. The molecule has 1 aromatic carbocycles. The van der Waals surface area contributed by atoms with E-state index < -0.39 is 0 Å². The smallest absolute Gasteiger partial charge is 0.277 e. The molecule has 0 spiro atoms. The van der Waals surface area contributed by atoms with Crippen LogP contribution in [0.15, 0.2) is 35.4 Å². The van der Waals surface area contributed by atoms with Gasteiger partial charge in [0, 0.05) is 18.1 Å². The van der Waals surface area contributed by atoms with Gasteiger partial charge in [0.1, 0.15) is 0 Å². The highest BCUT2D eigenvalue weighted by Crippen LogP contribution is 2.29. The summed E-state index contributed by atoms with van der Waals surface area (Å²) >= 11 is 3.15. The first-order valence-electron chi connectivity index (χ1n) is 5.91. The number of aromatic nitrogens is 3. The van der Waals surface area contributed by atoms with E-state index in [0.717, 1.165) is 10.2 Å². The molecule has 5 nitrogen and oxygen atoms in total. The molecule has 2 heterocycles. The predicted molar refractivity (Wildman–Crippen MR) is 82.6 cm³/mol. The molecule has 0 bridgehead atoms. The zero-order valence-electron chi connectivity index (χ0n) is 11.0. The van der Waals surface area contributed by atoms with Crippen molar-refractivity contribution >= 4 is 44.4 Å². The average molecular weight is 304 g/mol. The number of amides is 1. The maximum absolute atomic E-state index is 12.0. The summed E-state index contributed by atoms with van der Waals surface area (Å²) in [5, 5.41) is 7.44. The molecule has 1 N–H and O–H groups in total. The monoisotopic (exact) mass is 304 g/mol. The Labute approximate surface area is 124 Å². The summed E-state index contributed by atoms with van der Waals surface area (Å²) in [6.45, 7) is 0. The Hall–Kier alpha value is -1.86. The van der Waals surface area contributed by atoms with Gasteiger partial charge < -0.3 is 0 Å². The number of nitrogens with one attached hydrogen (secondary N) is 1. The van der Waals surface area contributed by atoms with Crippen LogP contribution in [0.25, 0.3) is 10.2 Å². The van der Waals surface area contributed by atoms with Crippen LogP contribution in [-0.2, 0) is 7.05 Å². The fourth-order valence-corrected chi connectivity index (χ4v) is 3.20. The van der Waals surface area contributed by atoms with Gasteiger partial charge in [-0.1, -0.05) is 11.3 Å². The van der Waals surface area contributed by atoms with Crippen molar-refractivity contribution in [3.8, 4) is 0 Å². The highest BCUT2D eigenvalue weighted by atomic mass is 32.2. The van der Waals surface area contributed by atoms with E-state index in [1.54, 1.807) is 35.8 Å². The van der Waals surface area contributed by atoms with E-state index in [1.807, 2.05) is 18.4 Å². The van der Waals surface area contributed by atoms with E-state index in [9.17, 15) is 4.79 Å². The third-order valence-electron chi connectivity index (χ3n) is 2.76. The van der Waals surface area contributed by atoms with Gasteiger partial charge in [-0.05, 0) is 30.5 Å². The molecule has 0 unspecified atom stereocenters. The van der Waals surface area contributed by atoms with Crippen LogP contribution in [-0.4, -0.2) is 26.9 Å². The van der Waals surface area contributed by atoms with E-state index in [0.29, 0.717) is 10.8 Å². The maximum Gasteiger partial charge on any atom is 0.277 e. The number of nitrogens with zero attached hydrogens (tertiary/aromatic N) is 3. The quantitative estimate of drug-likeness (QED) is 0.756. The molecule has 7 heteroatoms. The van der Waals surface area contributed by atoms with Gasteiger partial charge >= 0.3 is 0 Å². The van der Waals surface area contributed by atoms with Crippen molar-refractivity contribution < 1.29 is 4.79 Å². The van der Waals surface area contributed by atoms with Gasteiger partial charge in [-0.15, -0.1) is 11.8 Å². The molecule has 3 rings (SSSR count). The summed E-state index contributed by atoms with van der Waals surface area (Å²) in [4.78, 5) is 17.6. The van der Waals surface area contributed by atoms with Crippen LogP contribution in [0, 0.1) is 0 Å². The number of anilines is 1. The standard InChI is InChI=1S/C13H12N4OS2/c1-17-6-5-10(16-17)12(18)15-13-14-9-4-3-8(19-2)7-11(9)20-13/h3-7H,1-2H3,(H,14,15,18). The zero-order chi connectivity index (χ0) is 14.1. The first-order valence-corrected chi connectivity index (χ1v) is 7.95. The van der Waals surface area contributed by atoms with Crippen LogP contribution in [0.3, 0.4) is 0 Å². The van der Waals surface area contributed by atoms with Crippen molar-refractivity contribution in [2.24, 2.45) is 7.05 Å². The minimum absolute atomic E-state index is 0.241. The lowest BCUT2D eigenvalue weighted by Gasteiger charge is -1.96. The number of fused-ring (bicyclic) bond motifs is 1. The van der Waals surface area contributed by atoms with Crippen LogP contribution in [0.5, 0.6) is 0 Å². The van der Waals surface area contributed by atoms with Crippen molar-refractivity contribution in [2.75, 3.05) is 11.6 Å². The Bertz CT molecular complexity index is 778. The Morgan fingerprint density at radius 1 is 1.40 bits per heavy atom. The van der Waals surface area contributed by atoms with Crippen molar-refractivity contribution in [1.82, 2.24) is 14.8 Å². The Kier molecular flexibility index (Phi) is 3.45. The summed E-state index contributed by atoms with van der Waals surface area (Å²) < 4.78 is 2.66. The number of thiazole rings is 1. The number of thioether (sulfide) groups is 1. The second-order valence-corrected chi connectivity index (χ2v) is 6.09. The molecular formula is C13H12N4OS2. The molecule has 102 valence electrons. The highest BCUT2D eigenvalue weighted by Gasteiger charge is 2.12. The van der Waals surface area contributed by atoms with Gasteiger partial charge in [-0.25, -0.2) is 4.98 Å². The molecule has 1 amide bonds. The van der Waals surface area contributed by atoms with Gasteiger partial charge in [0.2, 0.25) is 0 Å². The van der Waals surface area contributed by atoms with E-state index >= 15 is 0 Å². The number of hydrogen-bond donors (Lipinski definition) is 1. The fraction of sp³-hybridized carbons (Fsp3) is 0.154. The minimum atomic E-state index is -0.241. The third-order valence-corrected chi connectivity index (χ3v) is 4.42. The molecule has 3 aromatic rings. The summed E-state index contributed by atoms with van der Waals surface area (Å²) in [5.74, 6) is -0.241. The summed E-state index contributed by atoms with van der Waals surface area (Å²) in [6.07, 6.45) is 3.77. The Morgan fingerprint density at radius 3 is 2.95 bits per heavy atom. The van der Waals surface area contributed by atoms with E-state index in [-0.39, 0.29) is 5.91 Å². The topological polar surface area (TPSA) is 59.8 Å². The lowest BCUT2D eigenvalue weighted by atomic mass is 10.3. The average Bonchev–Trinajstić information content (AvgIpc) is 3.03. The zero-order valence-corrected chi connectivity index (χ0v) is 12.6. The van der Waals surface area contributed by atoms with E-state index in [2.05, 4.69) is 21.5 Å². The lowest BCUT2D eigenvalue weighted by molar-refractivity contribution is 0.102. The predicted octanol–water partition coefficient (Wildman–Crippen LogP) is 3.00. The van der Waals surface area contributed by atoms with Crippen LogP contribution >= 0.6 is 23.1 Å². The van der Waals surface area contributed by atoms with Crippen LogP contribution in [0.1, 0.15) is 10.5 Å². The molecule has 0 radical (unpaired) electrons. The van der Waals surface area contributed by atoms with E-state index in [1.165, 1.54) is 16.2 Å². The minimum Gasteiger partial charge on any atom is -0.296 e. The second kappa shape index (κ2) is 5.26. The molecule has 20 heavy (non-hydrogen) atoms. The Morgan fingerprint density at radius 2 is 2.25 bits per heavy atom. The molecule has 0 aliphatic rings. The summed E-state index contributed by atoms with van der Waals surface area (Å²) in [7, 11) is 1.78. The van der Waals surface area contributed by atoms with Crippen LogP contribution < -0.4 is 5.32 Å². The molecule has 2 aromatic heterocycles. The van der Waals surface area contributed by atoms with E-state index in [4.69, 9.17) is 0 Å². The first kappa shape index (κ1) is 13.1. The van der Waals surface area contributed by atoms with Gasteiger partial charge in [0.25, 0.3) is 5.91 Å². The molecule has 0 aliphatic heterocycles. The van der Waals surface area contributed by atoms with Crippen molar-refractivity contribution in [3.63, 3.8) is 0 Å². The van der Waals surface area contributed by atoms with Gasteiger partial charge in [-0.2, -0.15) is 5.10 Å². The summed E-state index contributed by atoms with van der Waals surface area (Å²) in [5.41, 5.74) is 1.28. The third kappa shape index (κ3) is 2.54. The van der Waals surface area contributed by atoms with Gasteiger partial charge in [0.05, 0.1) is 10.2 Å². The van der Waals surface area contributed by atoms with Crippen molar-refractivity contribution in [3.05, 3.63) is 36.2 Å². The highest BCUT2D eigenvalue weighted by molar-refractivity contribution is 7.98. The molecular weight excluding hydrogens is 292 g/mol. The van der Waals surface area contributed by atoms with Crippen molar-refractivity contribution in [2.45, 2.75) is 4.90 Å². The van der Waals surface area contributed by atoms with Crippen molar-refractivity contribution in [1.29, 1.82) is 0 Å². The SMILES string of the molecule is CSc1ccc2nc(NC(=O)c3ccn(C)n3)sc2c1. The number of carbonyl (C=O) groups excluding carboxylic acids is 1. The molecule has 0 aliphatic carbocycles. The number of aryl methyl sites for hydroxylation is 1. The fourth-order valence-electron chi connectivity index (χ4n) is 1.78. The number of carbonyl (C=O) groups is 1. The molecule has 0 fully saturated rings. The lowest BCUT2D eigenvalue weighted by Crippen LogP contribution is -2.12. The maximum atomic E-state index is 12.0. The number of rotatable bonds is 3. The molecule has 0 atom stereocenters. The number of benzene rings is 1. The van der Waals surface area contributed by atoms with Gasteiger partial charge in [-0.3, -0.25) is 14.8 Å². The normalized spacial score (nSPS) is 10.9. The van der Waals surface area contributed by atoms with Crippen LogP contribution in [0.2, 0.25) is 0 Å². The van der Waals surface area contributed by atoms with Gasteiger partial charge in [0.15, 0.2) is 10.8 Å². The first-order chi connectivity index (χ1) is 9.65. The largest absolute Gasteiger partial charge is 0.296 e. The van der Waals surface area contributed by atoms with Crippen LogP contribution in [0.4, 0.5) is 5.13 Å².